The van der Waals surface area contributed by atoms with Crippen molar-refractivity contribution in [3.63, 3.8) is 0 Å². The van der Waals surface area contributed by atoms with Crippen LogP contribution in [0.4, 0.5) is 5.69 Å². The molecule has 4 rings (SSSR count). The Labute approximate surface area is 173 Å². The van der Waals surface area contributed by atoms with Gasteiger partial charge in [0.25, 0.3) is 5.91 Å². The first kappa shape index (κ1) is 18.8. The fraction of sp³-hybridized carbons (Fsp3) is 0.0435. The second-order valence-electron chi connectivity index (χ2n) is 6.27. The minimum atomic E-state index is -0.237. The third-order valence-electron chi connectivity index (χ3n) is 4.16. The van der Waals surface area contributed by atoms with Crippen LogP contribution in [0, 0.1) is 0 Å². The number of nitrogens with zero attached hydrogens (tertiary/aromatic N) is 3. The lowest BCUT2D eigenvalue weighted by Crippen LogP contribution is -2.13. The summed E-state index contributed by atoms with van der Waals surface area (Å²) in [7, 11) is 0. The zero-order chi connectivity index (χ0) is 19.9. The SMILES string of the molecule is O=C(Nc1cccc(CSc2ccccn2)c1)c1cnc(-c2ccccc2)nc1. The van der Waals surface area contributed by atoms with Crippen molar-refractivity contribution in [1.82, 2.24) is 15.0 Å². The van der Waals surface area contributed by atoms with Crippen LogP contribution in [-0.2, 0) is 5.75 Å². The number of carbonyl (C=O) groups is 1. The summed E-state index contributed by atoms with van der Waals surface area (Å²) in [6, 6.07) is 23.3. The molecule has 6 heteroatoms. The van der Waals surface area contributed by atoms with Gasteiger partial charge in [0.2, 0.25) is 0 Å². The summed E-state index contributed by atoms with van der Waals surface area (Å²) in [6.07, 6.45) is 4.88. The lowest BCUT2D eigenvalue weighted by molar-refractivity contribution is 0.102. The minimum Gasteiger partial charge on any atom is -0.322 e. The molecule has 4 aromatic rings. The van der Waals surface area contributed by atoms with Crippen molar-refractivity contribution >= 4 is 23.4 Å². The largest absolute Gasteiger partial charge is 0.322 e. The van der Waals surface area contributed by atoms with Crippen molar-refractivity contribution in [3.05, 3.63) is 103 Å². The number of hydrogen-bond acceptors (Lipinski definition) is 5. The summed E-state index contributed by atoms with van der Waals surface area (Å²) >= 11 is 1.65. The van der Waals surface area contributed by atoms with Crippen LogP contribution < -0.4 is 5.32 Å². The highest BCUT2D eigenvalue weighted by Crippen LogP contribution is 2.22. The van der Waals surface area contributed by atoms with Gasteiger partial charge in [-0.05, 0) is 29.8 Å². The maximum Gasteiger partial charge on any atom is 0.258 e. The average Bonchev–Trinajstić information content (AvgIpc) is 2.79. The van der Waals surface area contributed by atoms with E-state index in [1.54, 1.807) is 30.4 Å². The molecule has 2 aromatic carbocycles. The Balaban J connectivity index is 1.40. The van der Waals surface area contributed by atoms with Gasteiger partial charge in [0.1, 0.15) is 0 Å². The van der Waals surface area contributed by atoms with Crippen LogP contribution in [0.2, 0.25) is 0 Å². The molecule has 0 atom stereocenters. The number of hydrogen-bond donors (Lipinski definition) is 1. The molecule has 2 heterocycles. The smallest absolute Gasteiger partial charge is 0.258 e. The van der Waals surface area contributed by atoms with Crippen LogP contribution in [-0.4, -0.2) is 20.9 Å². The van der Waals surface area contributed by atoms with E-state index in [2.05, 4.69) is 20.3 Å². The van der Waals surface area contributed by atoms with Gasteiger partial charge in [-0.15, -0.1) is 11.8 Å². The Morgan fingerprint density at radius 1 is 0.862 bits per heavy atom. The topological polar surface area (TPSA) is 67.8 Å². The first-order chi connectivity index (χ1) is 14.3. The van der Waals surface area contributed by atoms with E-state index in [0.29, 0.717) is 11.4 Å². The van der Waals surface area contributed by atoms with Crippen molar-refractivity contribution in [1.29, 1.82) is 0 Å². The summed E-state index contributed by atoms with van der Waals surface area (Å²) in [6.45, 7) is 0. The maximum absolute atomic E-state index is 12.5. The number of anilines is 1. The van der Waals surface area contributed by atoms with E-state index in [-0.39, 0.29) is 5.91 Å². The lowest BCUT2D eigenvalue weighted by atomic mass is 10.2. The van der Waals surface area contributed by atoms with Crippen LogP contribution in [0.5, 0.6) is 0 Å². The zero-order valence-corrected chi connectivity index (χ0v) is 16.3. The number of thioether (sulfide) groups is 1. The highest BCUT2D eigenvalue weighted by molar-refractivity contribution is 7.98. The van der Waals surface area contributed by atoms with E-state index in [1.807, 2.05) is 72.8 Å². The van der Waals surface area contributed by atoms with Crippen molar-refractivity contribution in [2.24, 2.45) is 0 Å². The van der Waals surface area contributed by atoms with Gasteiger partial charge < -0.3 is 5.32 Å². The molecule has 0 bridgehead atoms. The predicted octanol–water partition coefficient (Wildman–Crippen LogP) is 5.08. The molecule has 0 spiro atoms. The third kappa shape index (κ3) is 5.06. The number of aromatic nitrogens is 3. The second kappa shape index (κ2) is 9.12. The Kier molecular flexibility index (Phi) is 5.92. The van der Waals surface area contributed by atoms with Gasteiger partial charge in [0.05, 0.1) is 10.6 Å². The number of amides is 1. The first-order valence-electron chi connectivity index (χ1n) is 9.09. The zero-order valence-electron chi connectivity index (χ0n) is 15.5. The Morgan fingerprint density at radius 2 is 1.66 bits per heavy atom. The number of rotatable bonds is 6. The van der Waals surface area contributed by atoms with Gasteiger partial charge in [-0.1, -0.05) is 48.5 Å². The molecule has 0 radical (unpaired) electrons. The standard InChI is InChI=1S/C23H18N4OS/c28-23(19-14-25-22(26-15-19)18-8-2-1-3-9-18)27-20-10-6-7-17(13-20)16-29-21-11-4-5-12-24-21/h1-15H,16H2,(H,27,28). The van der Waals surface area contributed by atoms with Crippen molar-refractivity contribution < 1.29 is 4.79 Å². The predicted molar refractivity (Wildman–Crippen MR) is 116 cm³/mol. The molecule has 0 aliphatic carbocycles. The van der Waals surface area contributed by atoms with Gasteiger partial charge in [0, 0.05) is 35.6 Å². The van der Waals surface area contributed by atoms with E-state index in [0.717, 1.165) is 27.6 Å². The van der Waals surface area contributed by atoms with Crippen LogP contribution in [0.15, 0.2) is 96.4 Å². The van der Waals surface area contributed by atoms with Crippen LogP contribution >= 0.6 is 11.8 Å². The number of benzene rings is 2. The molecule has 0 aliphatic heterocycles. The second-order valence-corrected chi connectivity index (χ2v) is 7.27. The molecule has 29 heavy (non-hydrogen) atoms. The van der Waals surface area contributed by atoms with Gasteiger partial charge >= 0.3 is 0 Å². The van der Waals surface area contributed by atoms with E-state index in [1.165, 1.54) is 0 Å². The molecule has 5 nitrogen and oxygen atoms in total. The number of carbonyl (C=O) groups excluding carboxylic acids is 1. The van der Waals surface area contributed by atoms with Gasteiger partial charge in [0.15, 0.2) is 5.82 Å². The van der Waals surface area contributed by atoms with Crippen molar-refractivity contribution in [2.75, 3.05) is 5.32 Å². The molecule has 0 fully saturated rings. The van der Waals surface area contributed by atoms with Gasteiger partial charge in [-0.2, -0.15) is 0 Å². The van der Waals surface area contributed by atoms with Crippen LogP contribution in [0.1, 0.15) is 15.9 Å². The van der Waals surface area contributed by atoms with E-state index >= 15 is 0 Å². The molecule has 1 N–H and O–H groups in total. The summed E-state index contributed by atoms with van der Waals surface area (Å²) in [5.74, 6) is 1.13. The fourth-order valence-electron chi connectivity index (χ4n) is 2.71. The van der Waals surface area contributed by atoms with Gasteiger partial charge in [-0.3, -0.25) is 4.79 Å². The Bertz CT molecular complexity index is 1090. The monoisotopic (exact) mass is 398 g/mol. The maximum atomic E-state index is 12.5. The molecule has 2 aromatic heterocycles. The van der Waals surface area contributed by atoms with E-state index in [9.17, 15) is 4.79 Å². The van der Waals surface area contributed by atoms with Crippen LogP contribution in [0.3, 0.4) is 0 Å². The van der Waals surface area contributed by atoms with Crippen molar-refractivity contribution in [2.45, 2.75) is 10.8 Å². The summed E-state index contributed by atoms with van der Waals surface area (Å²) in [5, 5.41) is 3.88. The summed E-state index contributed by atoms with van der Waals surface area (Å²) in [5.41, 5.74) is 3.17. The molecule has 1 amide bonds. The lowest BCUT2D eigenvalue weighted by Gasteiger charge is -2.08. The molecule has 0 saturated carbocycles. The highest BCUT2D eigenvalue weighted by atomic mass is 32.2. The highest BCUT2D eigenvalue weighted by Gasteiger charge is 2.09. The van der Waals surface area contributed by atoms with Gasteiger partial charge in [-0.25, -0.2) is 15.0 Å². The molecular formula is C23H18N4OS. The molecular weight excluding hydrogens is 380 g/mol. The summed E-state index contributed by atoms with van der Waals surface area (Å²) < 4.78 is 0. The Morgan fingerprint density at radius 3 is 2.41 bits per heavy atom. The number of nitrogens with one attached hydrogen (secondary N) is 1. The van der Waals surface area contributed by atoms with Crippen LogP contribution in [0.25, 0.3) is 11.4 Å². The minimum absolute atomic E-state index is 0.237. The number of pyridine rings is 1. The molecule has 0 aliphatic rings. The Hall–Kier alpha value is -3.51. The molecule has 0 saturated heterocycles. The molecule has 0 unspecified atom stereocenters. The first-order valence-corrected chi connectivity index (χ1v) is 10.1. The quantitative estimate of drug-likeness (QED) is 0.459. The molecule has 142 valence electrons. The fourth-order valence-corrected chi connectivity index (χ4v) is 3.52. The average molecular weight is 398 g/mol. The van der Waals surface area contributed by atoms with Crippen molar-refractivity contribution in [3.8, 4) is 11.4 Å². The van der Waals surface area contributed by atoms with E-state index in [4.69, 9.17) is 0 Å². The summed E-state index contributed by atoms with van der Waals surface area (Å²) in [4.78, 5) is 25.5. The third-order valence-corrected chi connectivity index (χ3v) is 5.17. The van der Waals surface area contributed by atoms with E-state index < -0.39 is 0 Å². The normalized spacial score (nSPS) is 10.5.